The SMILES string of the molecule is CC(C(=O)NN)N1CCN(C(=O)OC(C)(C)C)CC1. The second kappa shape index (κ2) is 6.21. The second-order valence-electron chi connectivity index (χ2n) is 5.69. The molecule has 1 aliphatic rings. The number of carbonyl (C=O) groups is 2. The van der Waals surface area contributed by atoms with Gasteiger partial charge >= 0.3 is 6.09 Å². The van der Waals surface area contributed by atoms with Crippen LogP contribution in [0, 0.1) is 0 Å². The molecule has 110 valence electrons. The van der Waals surface area contributed by atoms with Crippen LogP contribution in [0.4, 0.5) is 4.79 Å². The van der Waals surface area contributed by atoms with Crippen molar-refractivity contribution in [1.29, 1.82) is 0 Å². The normalized spacial score (nSPS) is 18.9. The Labute approximate surface area is 114 Å². The Morgan fingerprint density at radius 1 is 1.21 bits per heavy atom. The van der Waals surface area contributed by atoms with Gasteiger partial charge in [0.25, 0.3) is 5.91 Å². The van der Waals surface area contributed by atoms with Crippen LogP contribution in [-0.2, 0) is 9.53 Å². The number of piperazine rings is 1. The Balaban J connectivity index is 2.45. The maximum atomic E-state index is 11.9. The zero-order valence-electron chi connectivity index (χ0n) is 12.1. The molecule has 0 aromatic rings. The van der Waals surface area contributed by atoms with Gasteiger partial charge in [0.1, 0.15) is 5.60 Å². The van der Waals surface area contributed by atoms with Crippen molar-refractivity contribution in [2.45, 2.75) is 39.3 Å². The number of nitrogens with two attached hydrogens (primary N) is 1. The average Bonchev–Trinajstić information content (AvgIpc) is 2.35. The highest BCUT2D eigenvalue weighted by Gasteiger charge is 2.29. The largest absolute Gasteiger partial charge is 0.444 e. The van der Waals surface area contributed by atoms with E-state index in [1.54, 1.807) is 11.8 Å². The Hall–Kier alpha value is -1.34. The summed E-state index contributed by atoms with van der Waals surface area (Å²) in [6.07, 6.45) is -0.303. The summed E-state index contributed by atoms with van der Waals surface area (Å²) in [5.74, 6) is 4.90. The van der Waals surface area contributed by atoms with E-state index in [-0.39, 0.29) is 18.0 Å². The lowest BCUT2D eigenvalue weighted by Crippen LogP contribution is -2.56. The van der Waals surface area contributed by atoms with E-state index in [9.17, 15) is 9.59 Å². The molecule has 0 radical (unpaired) electrons. The molecule has 1 saturated heterocycles. The van der Waals surface area contributed by atoms with Crippen molar-refractivity contribution in [2.75, 3.05) is 26.2 Å². The fourth-order valence-corrected chi connectivity index (χ4v) is 1.90. The third-order valence-electron chi connectivity index (χ3n) is 3.04. The monoisotopic (exact) mass is 272 g/mol. The van der Waals surface area contributed by atoms with Crippen LogP contribution in [0.5, 0.6) is 0 Å². The van der Waals surface area contributed by atoms with Gasteiger partial charge in [0.15, 0.2) is 0 Å². The van der Waals surface area contributed by atoms with Crippen molar-refractivity contribution in [2.24, 2.45) is 5.84 Å². The number of nitrogens with zero attached hydrogens (tertiary/aromatic N) is 2. The van der Waals surface area contributed by atoms with Crippen molar-refractivity contribution in [1.82, 2.24) is 15.2 Å². The smallest absolute Gasteiger partial charge is 0.410 e. The van der Waals surface area contributed by atoms with Gasteiger partial charge < -0.3 is 9.64 Å². The molecular formula is C12H24N4O3. The van der Waals surface area contributed by atoms with E-state index >= 15 is 0 Å². The first-order valence-corrected chi connectivity index (χ1v) is 6.47. The molecule has 0 aromatic carbocycles. The highest BCUT2D eigenvalue weighted by atomic mass is 16.6. The van der Waals surface area contributed by atoms with E-state index in [0.29, 0.717) is 26.2 Å². The maximum Gasteiger partial charge on any atom is 0.410 e. The minimum atomic E-state index is -0.485. The summed E-state index contributed by atoms with van der Waals surface area (Å²) in [7, 11) is 0. The van der Waals surface area contributed by atoms with Gasteiger partial charge in [-0.05, 0) is 27.7 Å². The highest BCUT2D eigenvalue weighted by Crippen LogP contribution is 2.12. The molecule has 7 nitrogen and oxygen atoms in total. The van der Waals surface area contributed by atoms with Gasteiger partial charge in [0, 0.05) is 26.2 Å². The van der Waals surface area contributed by atoms with Gasteiger partial charge in [0.2, 0.25) is 0 Å². The summed E-state index contributed by atoms with van der Waals surface area (Å²) < 4.78 is 5.31. The first kappa shape index (κ1) is 15.7. The van der Waals surface area contributed by atoms with Crippen molar-refractivity contribution in [3.8, 4) is 0 Å². The molecule has 1 aliphatic heterocycles. The van der Waals surface area contributed by atoms with E-state index in [4.69, 9.17) is 10.6 Å². The van der Waals surface area contributed by atoms with Crippen molar-refractivity contribution < 1.29 is 14.3 Å². The van der Waals surface area contributed by atoms with Crippen LogP contribution in [0.25, 0.3) is 0 Å². The zero-order chi connectivity index (χ0) is 14.6. The van der Waals surface area contributed by atoms with Crippen LogP contribution >= 0.6 is 0 Å². The van der Waals surface area contributed by atoms with Crippen LogP contribution in [-0.4, -0.2) is 59.6 Å². The van der Waals surface area contributed by atoms with Gasteiger partial charge in [-0.1, -0.05) is 0 Å². The van der Waals surface area contributed by atoms with Gasteiger partial charge in [0.05, 0.1) is 6.04 Å². The molecule has 0 aliphatic carbocycles. The van der Waals surface area contributed by atoms with Crippen LogP contribution < -0.4 is 11.3 Å². The number of ether oxygens (including phenoxy) is 1. The standard InChI is InChI=1S/C12H24N4O3/c1-9(10(17)14-13)15-5-7-16(8-6-15)11(18)19-12(2,3)4/h9H,5-8,13H2,1-4H3,(H,14,17). The maximum absolute atomic E-state index is 11.9. The number of hydrazine groups is 1. The van der Waals surface area contributed by atoms with Gasteiger partial charge in [-0.2, -0.15) is 0 Å². The lowest BCUT2D eigenvalue weighted by molar-refractivity contribution is -0.126. The molecule has 3 N–H and O–H groups in total. The fourth-order valence-electron chi connectivity index (χ4n) is 1.90. The highest BCUT2D eigenvalue weighted by molar-refractivity contribution is 5.80. The van der Waals surface area contributed by atoms with E-state index in [0.717, 1.165) is 0 Å². The van der Waals surface area contributed by atoms with Gasteiger partial charge in [-0.25, -0.2) is 10.6 Å². The van der Waals surface area contributed by atoms with Gasteiger partial charge in [-0.3, -0.25) is 15.1 Å². The Morgan fingerprint density at radius 2 is 1.74 bits per heavy atom. The molecule has 1 heterocycles. The summed E-state index contributed by atoms with van der Waals surface area (Å²) in [5, 5.41) is 0. The molecule has 2 amide bonds. The second-order valence-corrected chi connectivity index (χ2v) is 5.69. The Kier molecular flexibility index (Phi) is 5.13. The molecule has 0 bridgehead atoms. The van der Waals surface area contributed by atoms with Crippen LogP contribution in [0.3, 0.4) is 0 Å². The molecule has 1 unspecified atom stereocenters. The number of hydrogen-bond acceptors (Lipinski definition) is 5. The van der Waals surface area contributed by atoms with Gasteiger partial charge in [-0.15, -0.1) is 0 Å². The molecule has 1 atom stereocenters. The van der Waals surface area contributed by atoms with Crippen molar-refractivity contribution in [3.63, 3.8) is 0 Å². The van der Waals surface area contributed by atoms with Crippen molar-refractivity contribution >= 4 is 12.0 Å². The molecule has 1 fully saturated rings. The van der Waals surface area contributed by atoms with E-state index in [1.807, 2.05) is 25.7 Å². The summed E-state index contributed by atoms with van der Waals surface area (Å²) in [5.41, 5.74) is 1.66. The minimum absolute atomic E-state index is 0.217. The molecule has 19 heavy (non-hydrogen) atoms. The van der Waals surface area contributed by atoms with E-state index < -0.39 is 5.60 Å². The summed E-state index contributed by atoms with van der Waals surface area (Å²) in [4.78, 5) is 26.9. The minimum Gasteiger partial charge on any atom is -0.444 e. The van der Waals surface area contributed by atoms with Crippen LogP contribution in [0.2, 0.25) is 0 Å². The summed E-state index contributed by atoms with van der Waals surface area (Å²) in [6, 6.07) is -0.286. The number of rotatable bonds is 2. The lowest BCUT2D eigenvalue weighted by atomic mass is 10.2. The molecule has 1 rings (SSSR count). The third-order valence-corrected chi connectivity index (χ3v) is 3.04. The fraction of sp³-hybridized carbons (Fsp3) is 0.833. The topological polar surface area (TPSA) is 87.9 Å². The first-order chi connectivity index (χ1) is 8.74. The number of nitrogens with one attached hydrogen (secondary N) is 1. The molecular weight excluding hydrogens is 248 g/mol. The summed E-state index contributed by atoms with van der Waals surface area (Å²) in [6.45, 7) is 9.69. The predicted octanol–water partition coefficient (Wildman–Crippen LogP) is -0.0825. The van der Waals surface area contributed by atoms with Crippen molar-refractivity contribution in [3.05, 3.63) is 0 Å². The van der Waals surface area contributed by atoms with Crippen LogP contribution in [0.15, 0.2) is 0 Å². The zero-order valence-corrected chi connectivity index (χ0v) is 12.1. The first-order valence-electron chi connectivity index (χ1n) is 6.47. The third kappa shape index (κ3) is 4.68. The predicted molar refractivity (Wildman–Crippen MR) is 71.2 cm³/mol. The van der Waals surface area contributed by atoms with Crippen LogP contribution in [0.1, 0.15) is 27.7 Å². The summed E-state index contributed by atoms with van der Waals surface area (Å²) >= 11 is 0. The molecule has 0 saturated carbocycles. The lowest BCUT2D eigenvalue weighted by Gasteiger charge is -2.37. The number of carbonyl (C=O) groups excluding carboxylic acids is 2. The molecule has 0 spiro atoms. The molecule has 7 heteroatoms. The Bertz CT molecular complexity index is 332. The Morgan fingerprint density at radius 3 is 2.16 bits per heavy atom. The number of amides is 2. The van der Waals surface area contributed by atoms with E-state index in [2.05, 4.69) is 5.43 Å². The number of hydrogen-bond donors (Lipinski definition) is 2. The average molecular weight is 272 g/mol. The van der Waals surface area contributed by atoms with E-state index in [1.165, 1.54) is 0 Å². The molecule has 0 aromatic heterocycles. The quantitative estimate of drug-likeness (QED) is 0.417.